The second kappa shape index (κ2) is 9.14. The highest BCUT2D eigenvalue weighted by molar-refractivity contribution is 5.73. The lowest BCUT2D eigenvalue weighted by Crippen LogP contribution is -2.00. The number of allylic oxidation sites excluding steroid dienone is 3. The van der Waals surface area contributed by atoms with Crippen LogP contribution in [0, 0.1) is 0 Å². The van der Waals surface area contributed by atoms with Crippen LogP contribution in [0.5, 0.6) is 0 Å². The molecule has 0 aliphatic carbocycles. The molecular weight excluding hydrogens is 260 g/mol. The van der Waals surface area contributed by atoms with Crippen molar-refractivity contribution >= 4 is 5.90 Å². The molecule has 0 heterocycles. The van der Waals surface area contributed by atoms with E-state index in [1.165, 1.54) is 11.1 Å². The second-order valence-electron chi connectivity index (χ2n) is 5.09. The molecule has 0 aromatic heterocycles. The van der Waals surface area contributed by atoms with E-state index in [-0.39, 0.29) is 0 Å². The number of rotatable bonds is 6. The van der Waals surface area contributed by atoms with Crippen molar-refractivity contribution < 1.29 is 4.74 Å². The molecule has 3 heteroatoms. The van der Waals surface area contributed by atoms with E-state index in [0.29, 0.717) is 19.0 Å². The zero-order chi connectivity index (χ0) is 15.7. The first kappa shape index (κ1) is 17.2. The molecule has 1 rings (SSSR count). The van der Waals surface area contributed by atoms with Crippen molar-refractivity contribution in [3.63, 3.8) is 0 Å². The van der Waals surface area contributed by atoms with Gasteiger partial charge in [-0.15, -0.1) is 0 Å². The second-order valence-corrected chi connectivity index (χ2v) is 5.09. The fourth-order valence-corrected chi connectivity index (χ4v) is 1.67. The molecular formula is C18H26N2O. The van der Waals surface area contributed by atoms with Gasteiger partial charge in [-0.05, 0) is 37.5 Å². The van der Waals surface area contributed by atoms with Crippen molar-refractivity contribution in [2.24, 2.45) is 10.7 Å². The summed E-state index contributed by atoms with van der Waals surface area (Å²) in [5, 5.41) is 0. The van der Waals surface area contributed by atoms with E-state index in [1.54, 1.807) is 6.20 Å². The van der Waals surface area contributed by atoms with Crippen LogP contribution in [0.1, 0.15) is 45.2 Å². The summed E-state index contributed by atoms with van der Waals surface area (Å²) in [5.41, 5.74) is 10.4. The van der Waals surface area contributed by atoms with Crippen LogP contribution in [0.15, 0.2) is 52.7 Å². The topological polar surface area (TPSA) is 47.6 Å². The summed E-state index contributed by atoms with van der Waals surface area (Å²) in [6, 6.07) is 8.10. The van der Waals surface area contributed by atoms with Crippen LogP contribution >= 0.6 is 0 Å². The summed E-state index contributed by atoms with van der Waals surface area (Å²) in [6.45, 7) is 9.34. The number of ether oxygens (including phenoxy) is 1. The zero-order valence-electron chi connectivity index (χ0n) is 13.5. The average molecular weight is 286 g/mol. The maximum atomic E-state index is 5.62. The number of hydrogen-bond acceptors (Lipinski definition) is 3. The molecule has 0 unspecified atom stereocenters. The molecule has 0 saturated heterocycles. The molecule has 0 amide bonds. The first-order chi connectivity index (χ1) is 10.1. The van der Waals surface area contributed by atoms with Gasteiger partial charge in [0.2, 0.25) is 0 Å². The van der Waals surface area contributed by atoms with Gasteiger partial charge in [-0.3, -0.25) is 0 Å². The highest BCUT2D eigenvalue weighted by atomic mass is 16.5. The van der Waals surface area contributed by atoms with Crippen molar-refractivity contribution in [2.75, 3.05) is 0 Å². The van der Waals surface area contributed by atoms with Gasteiger partial charge in [-0.1, -0.05) is 42.3 Å². The van der Waals surface area contributed by atoms with Crippen molar-refractivity contribution in [1.29, 1.82) is 0 Å². The number of aliphatic imine (C=N–C) groups is 1. The minimum atomic E-state index is 0.525. The lowest BCUT2D eigenvalue weighted by atomic mass is 10.1. The Morgan fingerprint density at radius 2 is 1.76 bits per heavy atom. The first-order valence-corrected chi connectivity index (χ1v) is 7.34. The number of nitrogens with two attached hydrogens (primary N) is 1. The van der Waals surface area contributed by atoms with Gasteiger partial charge >= 0.3 is 0 Å². The van der Waals surface area contributed by atoms with Crippen molar-refractivity contribution in [3.05, 3.63) is 58.8 Å². The quantitative estimate of drug-likeness (QED) is 0.480. The van der Waals surface area contributed by atoms with E-state index >= 15 is 0 Å². The summed E-state index contributed by atoms with van der Waals surface area (Å²) in [7, 11) is 0. The first-order valence-electron chi connectivity index (χ1n) is 7.34. The van der Waals surface area contributed by atoms with Crippen LogP contribution in [-0.4, -0.2) is 5.90 Å². The highest BCUT2D eigenvalue weighted by Gasteiger charge is 1.96. The van der Waals surface area contributed by atoms with Crippen LogP contribution in [0.25, 0.3) is 0 Å². The zero-order valence-corrected chi connectivity index (χ0v) is 13.5. The van der Waals surface area contributed by atoms with Gasteiger partial charge in [0, 0.05) is 19.7 Å². The highest BCUT2D eigenvalue weighted by Crippen LogP contribution is 2.08. The van der Waals surface area contributed by atoms with Crippen molar-refractivity contribution in [2.45, 2.75) is 47.3 Å². The van der Waals surface area contributed by atoms with Gasteiger partial charge in [0.1, 0.15) is 6.61 Å². The summed E-state index contributed by atoms with van der Waals surface area (Å²) in [5.74, 6) is 0.663. The summed E-state index contributed by atoms with van der Waals surface area (Å²) < 4.78 is 5.62. The maximum absolute atomic E-state index is 5.62. The Hall–Kier alpha value is -1.87. The van der Waals surface area contributed by atoms with Gasteiger partial charge in [0.25, 0.3) is 0 Å². The maximum Gasteiger partial charge on any atom is 0.184 e. The average Bonchev–Trinajstić information content (AvgIpc) is 2.52. The third-order valence-corrected chi connectivity index (χ3v) is 3.49. The lowest BCUT2D eigenvalue weighted by Gasteiger charge is -2.05. The summed E-state index contributed by atoms with van der Waals surface area (Å²) in [4.78, 5) is 4.29. The fourth-order valence-electron chi connectivity index (χ4n) is 1.67. The van der Waals surface area contributed by atoms with E-state index in [1.807, 2.05) is 37.3 Å². The third kappa shape index (κ3) is 6.41. The van der Waals surface area contributed by atoms with Crippen LogP contribution < -0.4 is 5.73 Å². The molecule has 1 aromatic carbocycles. The predicted octanol–water partition coefficient (Wildman–Crippen LogP) is 4.34. The molecule has 21 heavy (non-hydrogen) atoms. The predicted molar refractivity (Wildman–Crippen MR) is 90.0 cm³/mol. The summed E-state index contributed by atoms with van der Waals surface area (Å²) in [6.07, 6.45) is 4.87. The van der Waals surface area contributed by atoms with Crippen molar-refractivity contribution in [3.8, 4) is 0 Å². The molecule has 2 N–H and O–H groups in total. The summed E-state index contributed by atoms with van der Waals surface area (Å²) >= 11 is 0. The Balaban J connectivity index is 2.50. The monoisotopic (exact) mass is 286 g/mol. The van der Waals surface area contributed by atoms with E-state index < -0.39 is 0 Å². The Bertz CT molecular complexity index is 525. The number of benzene rings is 1. The molecule has 0 fully saturated rings. The molecule has 0 radical (unpaired) electrons. The molecule has 0 aliphatic heterocycles. The standard InChI is InChI=1S/C18H26N2O/c1-5-14(2)15(3)10-11-20-16(4)21-13-18-8-6-17(12-19)7-9-18/h6-11H,5,12-13,19H2,1-4H3. The molecule has 1 aromatic rings. The van der Waals surface area contributed by atoms with E-state index in [4.69, 9.17) is 10.5 Å². The molecule has 0 spiro atoms. The van der Waals surface area contributed by atoms with Crippen LogP contribution in [-0.2, 0) is 17.9 Å². The van der Waals surface area contributed by atoms with Gasteiger partial charge in [0.15, 0.2) is 5.90 Å². The van der Waals surface area contributed by atoms with Crippen molar-refractivity contribution in [1.82, 2.24) is 0 Å². The molecule has 114 valence electrons. The van der Waals surface area contributed by atoms with Gasteiger partial charge in [-0.2, -0.15) is 0 Å². The third-order valence-electron chi connectivity index (χ3n) is 3.49. The van der Waals surface area contributed by atoms with E-state index in [0.717, 1.165) is 17.5 Å². The molecule has 0 aliphatic rings. The van der Waals surface area contributed by atoms with E-state index in [2.05, 4.69) is 25.8 Å². The van der Waals surface area contributed by atoms with E-state index in [9.17, 15) is 0 Å². The van der Waals surface area contributed by atoms with Gasteiger partial charge < -0.3 is 10.5 Å². The smallest absolute Gasteiger partial charge is 0.184 e. The Morgan fingerprint density at radius 3 is 2.33 bits per heavy atom. The number of hydrogen-bond donors (Lipinski definition) is 1. The van der Waals surface area contributed by atoms with Crippen LogP contribution in [0.4, 0.5) is 0 Å². The van der Waals surface area contributed by atoms with Crippen LogP contribution in [0.2, 0.25) is 0 Å². The fraction of sp³-hybridized carbons (Fsp3) is 0.389. The minimum Gasteiger partial charge on any atom is -0.476 e. The molecule has 3 nitrogen and oxygen atoms in total. The Labute approximate surface area is 128 Å². The molecule has 0 saturated carbocycles. The van der Waals surface area contributed by atoms with Gasteiger partial charge in [0.05, 0.1) is 0 Å². The van der Waals surface area contributed by atoms with Gasteiger partial charge in [-0.25, -0.2) is 4.99 Å². The van der Waals surface area contributed by atoms with Crippen LogP contribution in [0.3, 0.4) is 0 Å². The normalized spacial score (nSPS) is 13.5. The molecule has 0 bridgehead atoms. The Kier molecular flexibility index (Phi) is 7.48. The Morgan fingerprint density at radius 1 is 1.14 bits per heavy atom. The lowest BCUT2D eigenvalue weighted by molar-refractivity contribution is 0.290. The molecule has 0 atom stereocenters. The number of nitrogens with zero attached hydrogens (tertiary/aromatic N) is 1. The minimum absolute atomic E-state index is 0.525. The largest absolute Gasteiger partial charge is 0.476 e. The SMILES string of the molecule is CCC(C)=C(C)C=CN=C(C)OCc1ccc(CN)cc1.